The van der Waals surface area contributed by atoms with Crippen LogP contribution in [-0.4, -0.2) is 13.9 Å². The van der Waals surface area contributed by atoms with Crippen LogP contribution in [0.4, 0.5) is 13.2 Å². The topological polar surface area (TPSA) is 43.4 Å². The van der Waals surface area contributed by atoms with Gasteiger partial charge in [-0.3, -0.25) is 0 Å². The van der Waals surface area contributed by atoms with Gasteiger partial charge >= 0.3 is 15.6 Å². The zero-order chi connectivity index (χ0) is 13.6. The monoisotopic (exact) mass is 286 g/mol. The number of rotatable bonds is 2. The molecule has 0 aromatic carbocycles. The van der Waals surface area contributed by atoms with Crippen molar-refractivity contribution in [2.45, 2.75) is 56.9 Å². The van der Waals surface area contributed by atoms with Crippen molar-refractivity contribution in [3.05, 3.63) is 11.8 Å². The summed E-state index contributed by atoms with van der Waals surface area (Å²) in [7, 11) is -5.51. The highest BCUT2D eigenvalue weighted by atomic mass is 32.2. The summed E-state index contributed by atoms with van der Waals surface area (Å²) < 4.78 is 62.5. The Morgan fingerprint density at radius 1 is 1.00 bits per heavy atom. The van der Waals surface area contributed by atoms with E-state index in [0.29, 0.717) is 12.8 Å². The molecule has 0 spiro atoms. The summed E-state index contributed by atoms with van der Waals surface area (Å²) in [6.07, 6.45) is 7.80. The predicted molar refractivity (Wildman–Crippen MR) is 61.1 cm³/mol. The first-order valence-corrected chi connectivity index (χ1v) is 7.43. The third-order valence-electron chi connectivity index (χ3n) is 2.75. The van der Waals surface area contributed by atoms with Gasteiger partial charge in [0, 0.05) is 6.42 Å². The zero-order valence-electron chi connectivity index (χ0n) is 10.0. The van der Waals surface area contributed by atoms with Gasteiger partial charge in [-0.2, -0.15) is 21.6 Å². The smallest absolute Gasteiger partial charge is 0.381 e. The summed E-state index contributed by atoms with van der Waals surface area (Å²) in [4.78, 5) is 0. The normalized spacial score (nSPS) is 22.9. The second-order valence-electron chi connectivity index (χ2n) is 4.31. The van der Waals surface area contributed by atoms with Crippen molar-refractivity contribution < 1.29 is 25.8 Å². The van der Waals surface area contributed by atoms with Crippen LogP contribution in [0.5, 0.6) is 0 Å². The fraction of sp³-hybridized carbons (Fsp3) is 0.818. The van der Waals surface area contributed by atoms with E-state index in [2.05, 4.69) is 4.18 Å². The van der Waals surface area contributed by atoms with Crippen LogP contribution in [0.3, 0.4) is 0 Å². The molecule has 1 aliphatic carbocycles. The van der Waals surface area contributed by atoms with Gasteiger partial charge in [-0.1, -0.05) is 25.7 Å². The number of hydrogen-bond acceptors (Lipinski definition) is 3. The van der Waals surface area contributed by atoms with Crippen LogP contribution in [0.2, 0.25) is 0 Å². The molecule has 7 heteroatoms. The molecule has 0 atom stereocenters. The second kappa shape index (κ2) is 6.45. The van der Waals surface area contributed by atoms with E-state index in [1.165, 1.54) is 6.08 Å². The number of allylic oxidation sites excluding steroid dienone is 2. The maximum atomic E-state index is 12.2. The minimum Gasteiger partial charge on any atom is -0.381 e. The van der Waals surface area contributed by atoms with E-state index in [4.69, 9.17) is 0 Å². The lowest BCUT2D eigenvalue weighted by Gasteiger charge is -2.13. The minimum atomic E-state index is -5.51. The van der Waals surface area contributed by atoms with Crippen LogP contribution in [0.15, 0.2) is 11.8 Å². The molecule has 1 rings (SSSR count). The van der Waals surface area contributed by atoms with Crippen LogP contribution >= 0.6 is 0 Å². The summed E-state index contributed by atoms with van der Waals surface area (Å²) in [5.74, 6) is -0.0748. The first-order valence-electron chi connectivity index (χ1n) is 6.03. The Bertz CT molecular complexity index is 385. The molecule has 0 saturated heterocycles. The molecule has 0 amide bonds. The lowest BCUT2D eigenvalue weighted by atomic mass is 10.0. The van der Waals surface area contributed by atoms with Crippen molar-refractivity contribution in [3.8, 4) is 0 Å². The molecule has 0 saturated carbocycles. The van der Waals surface area contributed by atoms with Gasteiger partial charge in [-0.15, -0.1) is 0 Å². The first kappa shape index (κ1) is 15.3. The number of halogens is 3. The molecule has 0 unspecified atom stereocenters. The van der Waals surface area contributed by atoms with Gasteiger partial charge in [0.2, 0.25) is 0 Å². The lowest BCUT2D eigenvalue weighted by molar-refractivity contribution is -0.0523. The molecular weight excluding hydrogens is 269 g/mol. The SMILES string of the molecule is O=S(=O)(O/C1=C/CCCCCCCC1)C(F)(F)F. The molecule has 0 aromatic heterocycles. The Morgan fingerprint density at radius 2 is 1.56 bits per heavy atom. The highest BCUT2D eigenvalue weighted by Gasteiger charge is 2.48. The van der Waals surface area contributed by atoms with E-state index in [-0.39, 0.29) is 12.2 Å². The summed E-state index contributed by atoms with van der Waals surface area (Å²) in [6.45, 7) is 0. The van der Waals surface area contributed by atoms with Crippen LogP contribution < -0.4 is 0 Å². The standard InChI is InChI=1S/C11H17F3O3S/c12-11(13,14)18(15,16)17-10-8-6-4-2-1-3-5-7-9-10/h8H,1-7,9H2/b10-8+. The molecule has 0 aromatic rings. The largest absolute Gasteiger partial charge is 0.534 e. The second-order valence-corrected chi connectivity index (χ2v) is 5.85. The van der Waals surface area contributed by atoms with E-state index in [1.807, 2.05) is 0 Å². The average molecular weight is 286 g/mol. The zero-order valence-corrected chi connectivity index (χ0v) is 10.8. The van der Waals surface area contributed by atoms with Gasteiger partial charge in [-0.25, -0.2) is 0 Å². The van der Waals surface area contributed by atoms with Crippen LogP contribution in [0.1, 0.15) is 51.4 Å². The lowest BCUT2D eigenvalue weighted by Crippen LogP contribution is -2.25. The van der Waals surface area contributed by atoms with Crippen LogP contribution in [-0.2, 0) is 14.3 Å². The quantitative estimate of drug-likeness (QED) is 0.571. The van der Waals surface area contributed by atoms with E-state index in [1.54, 1.807) is 0 Å². The number of hydrogen-bond donors (Lipinski definition) is 0. The third kappa shape index (κ3) is 4.88. The van der Waals surface area contributed by atoms with Gasteiger partial charge in [0.05, 0.1) is 0 Å². The molecule has 0 radical (unpaired) electrons. The van der Waals surface area contributed by atoms with Crippen LogP contribution in [0, 0.1) is 0 Å². The Labute approximate surface area is 105 Å². The molecule has 0 aliphatic heterocycles. The fourth-order valence-electron chi connectivity index (χ4n) is 1.78. The van der Waals surface area contributed by atoms with Crippen LogP contribution in [0.25, 0.3) is 0 Å². The van der Waals surface area contributed by atoms with Crippen molar-refractivity contribution in [1.82, 2.24) is 0 Å². The molecule has 18 heavy (non-hydrogen) atoms. The maximum Gasteiger partial charge on any atom is 0.534 e. The van der Waals surface area contributed by atoms with Crippen molar-refractivity contribution in [2.75, 3.05) is 0 Å². The molecule has 3 nitrogen and oxygen atoms in total. The molecule has 0 bridgehead atoms. The Morgan fingerprint density at radius 3 is 2.17 bits per heavy atom. The van der Waals surface area contributed by atoms with E-state index in [9.17, 15) is 21.6 Å². The Hall–Kier alpha value is -0.720. The van der Waals surface area contributed by atoms with E-state index in [0.717, 1.165) is 32.1 Å². The number of alkyl halides is 3. The van der Waals surface area contributed by atoms with E-state index >= 15 is 0 Å². The average Bonchev–Trinajstić information content (AvgIpc) is 2.25. The Balaban J connectivity index is 2.70. The molecular formula is C11H17F3O3S. The van der Waals surface area contributed by atoms with Gasteiger partial charge in [-0.05, 0) is 25.3 Å². The summed E-state index contributed by atoms with van der Waals surface area (Å²) in [5, 5.41) is 0. The first-order chi connectivity index (χ1) is 8.33. The highest BCUT2D eigenvalue weighted by Crippen LogP contribution is 2.28. The predicted octanol–water partition coefficient (Wildman–Crippen LogP) is 3.87. The van der Waals surface area contributed by atoms with Crippen molar-refractivity contribution in [2.24, 2.45) is 0 Å². The fourth-order valence-corrected chi connectivity index (χ4v) is 2.31. The molecule has 0 fully saturated rings. The molecule has 106 valence electrons. The van der Waals surface area contributed by atoms with Gasteiger partial charge in [0.15, 0.2) is 0 Å². The van der Waals surface area contributed by atoms with Crippen molar-refractivity contribution >= 4 is 10.1 Å². The summed E-state index contributed by atoms with van der Waals surface area (Å²) in [6, 6.07) is 0. The van der Waals surface area contributed by atoms with Gasteiger partial charge in [0.25, 0.3) is 0 Å². The molecule has 0 heterocycles. The van der Waals surface area contributed by atoms with Gasteiger partial charge < -0.3 is 4.18 Å². The van der Waals surface area contributed by atoms with Crippen molar-refractivity contribution in [1.29, 1.82) is 0 Å². The summed E-state index contributed by atoms with van der Waals surface area (Å²) >= 11 is 0. The van der Waals surface area contributed by atoms with Gasteiger partial charge in [0.1, 0.15) is 5.76 Å². The third-order valence-corrected chi connectivity index (χ3v) is 3.75. The molecule has 0 N–H and O–H groups in total. The molecule has 1 aliphatic rings. The minimum absolute atomic E-state index is 0.0748. The maximum absolute atomic E-state index is 12.2. The summed E-state index contributed by atoms with van der Waals surface area (Å²) in [5.41, 5.74) is -5.36. The highest BCUT2D eigenvalue weighted by molar-refractivity contribution is 7.87. The van der Waals surface area contributed by atoms with E-state index < -0.39 is 15.6 Å². The Kier molecular flexibility index (Phi) is 5.49. The van der Waals surface area contributed by atoms with Crippen molar-refractivity contribution in [3.63, 3.8) is 0 Å².